The number of aromatic amines is 1. The fraction of sp³-hybridized carbons (Fsp3) is 0.0588. The molecule has 112 valence electrons. The molecule has 6 heteroatoms. The van der Waals surface area contributed by atoms with E-state index in [9.17, 15) is 4.79 Å². The van der Waals surface area contributed by atoms with Crippen LogP contribution in [0.15, 0.2) is 42.7 Å². The SMILES string of the molecule is Cc1[nH]nc2cccc(-c3cc(C(N)=O)cc4nccnc34)c12. The molecule has 0 unspecified atom stereocenters. The second kappa shape index (κ2) is 4.88. The molecule has 2 aromatic carbocycles. The Balaban J connectivity index is 2.15. The topological polar surface area (TPSA) is 97.6 Å². The third-order valence-corrected chi connectivity index (χ3v) is 3.91. The summed E-state index contributed by atoms with van der Waals surface area (Å²) in [5.74, 6) is -0.491. The number of nitrogens with zero attached hydrogens (tertiary/aromatic N) is 3. The quantitative estimate of drug-likeness (QED) is 0.594. The fourth-order valence-electron chi connectivity index (χ4n) is 2.87. The van der Waals surface area contributed by atoms with Crippen molar-refractivity contribution in [1.82, 2.24) is 20.2 Å². The molecule has 0 bridgehead atoms. The standard InChI is InChI=1S/C17H13N5O/c1-9-15-11(3-2-4-13(15)22-21-9)12-7-10(17(18)23)8-14-16(12)20-6-5-19-14/h2-8H,1H3,(H2,18,23)(H,21,22). The van der Waals surface area contributed by atoms with Gasteiger partial charge in [-0.15, -0.1) is 0 Å². The predicted molar refractivity (Wildman–Crippen MR) is 87.9 cm³/mol. The average Bonchev–Trinajstić information content (AvgIpc) is 2.95. The van der Waals surface area contributed by atoms with Crippen LogP contribution in [0.1, 0.15) is 16.1 Å². The third-order valence-electron chi connectivity index (χ3n) is 3.91. The molecule has 1 amide bonds. The van der Waals surface area contributed by atoms with E-state index < -0.39 is 5.91 Å². The van der Waals surface area contributed by atoms with Gasteiger partial charge in [0, 0.05) is 34.6 Å². The monoisotopic (exact) mass is 303 g/mol. The van der Waals surface area contributed by atoms with Gasteiger partial charge in [-0.25, -0.2) is 0 Å². The molecule has 2 heterocycles. The van der Waals surface area contributed by atoms with Gasteiger partial charge in [-0.2, -0.15) is 5.10 Å². The van der Waals surface area contributed by atoms with E-state index in [1.807, 2.05) is 25.1 Å². The van der Waals surface area contributed by atoms with Crippen LogP contribution < -0.4 is 5.73 Å². The first-order valence-electron chi connectivity index (χ1n) is 7.14. The average molecular weight is 303 g/mol. The van der Waals surface area contributed by atoms with E-state index in [-0.39, 0.29) is 0 Å². The summed E-state index contributed by atoms with van der Waals surface area (Å²) in [6, 6.07) is 9.28. The second-order valence-corrected chi connectivity index (χ2v) is 5.36. The minimum absolute atomic E-state index is 0.408. The molecule has 0 aliphatic carbocycles. The van der Waals surface area contributed by atoms with Crippen molar-refractivity contribution >= 4 is 27.8 Å². The highest BCUT2D eigenvalue weighted by atomic mass is 16.1. The van der Waals surface area contributed by atoms with E-state index in [1.165, 1.54) is 0 Å². The van der Waals surface area contributed by atoms with Crippen LogP contribution >= 0.6 is 0 Å². The van der Waals surface area contributed by atoms with Gasteiger partial charge in [-0.3, -0.25) is 19.9 Å². The third kappa shape index (κ3) is 2.03. The number of aryl methyl sites for hydroxylation is 1. The van der Waals surface area contributed by atoms with Crippen molar-refractivity contribution in [3.63, 3.8) is 0 Å². The van der Waals surface area contributed by atoms with Gasteiger partial charge in [0.25, 0.3) is 0 Å². The van der Waals surface area contributed by atoms with Crippen molar-refractivity contribution < 1.29 is 4.79 Å². The number of benzene rings is 2. The highest BCUT2D eigenvalue weighted by Gasteiger charge is 2.15. The Kier molecular flexibility index (Phi) is 2.84. The smallest absolute Gasteiger partial charge is 0.248 e. The lowest BCUT2D eigenvalue weighted by atomic mass is 9.96. The van der Waals surface area contributed by atoms with Gasteiger partial charge in [-0.1, -0.05) is 12.1 Å². The van der Waals surface area contributed by atoms with Gasteiger partial charge in [0.05, 0.1) is 16.6 Å². The Hall–Kier alpha value is -3.28. The molecule has 0 fully saturated rings. The molecule has 4 aromatic rings. The normalized spacial score (nSPS) is 11.2. The molecular formula is C17H13N5O. The molecule has 2 aromatic heterocycles. The van der Waals surface area contributed by atoms with E-state index in [0.29, 0.717) is 11.1 Å². The number of amides is 1. The maximum absolute atomic E-state index is 11.7. The number of H-pyrrole nitrogens is 1. The number of carbonyl (C=O) groups is 1. The first-order chi connectivity index (χ1) is 11.1. The van der Waals surface area contributed by atoms with Crippen molar-refractivity contribution in [1.29, 1.82) is 0 Å². The Morgan fingerprint density at radius 3 is 2.74 bits per heavy atom. The van der Waals surface area contributed by atoms with Crippen molar-refractivity contribution in [3.8, 4) is 11.1 Å². The number of hydrogen-bond donors (Lipinski definition) is 2. The Morgan fingerprint density at radius 1 is 1.09 bits per heavy atom. The number of hydrogen-bond acceptors (Lipinski definition) is 4. The Labute approximate surface area is 131 Å². The maximum atomic E-state index is 11.7. The minimum atomic E-state index is -0.491. The number of rotatable bonds is 2. The van der Waals surface area contributed by atoms with Crippen molar-refractivity contribution in [3.05, 3.63) is 54.0 Å². The largest absolute Gasteiger partial charge is 0.366 e. The van der Waals surface area contributed by atoms with E-state index in [2.05, 4.69) is 20.2 Å². The molecule has 0 aliphatic heterocycles. The number of nitrogens with two attached hydrogens (primary N) is 1. The van der Waals surface area contributed by atoms with Gasteiger partial charge in [-0.05, 0) is 30.7 Å². The summed E-state index contributed by atoms with van der Waals surface area (Å²) in [7, 11) is 0. The lowest BCUT2D eigenvalue weighted by molar-refractivity contribution is 0.100. The van der Waals surface area contributed by atoms with Crippen LogP contribution in [-0.2, 0) is 0 Å². The lowest BCUT2D eigenvalue weighted by Crippen LogP contribution is -2.11. The summed E-state index contributed by atoms with van der Waals surface area (Å²) < 4.78 is 0. The van der Waals surface area contributed by atoms with Gasteiger partial charge in [0.2, 0.25) is 5.91 Å². The molecule has 23 heavy (non-hydrogen) atoms. The molecule has 0 saturated carbocycles. The molecule has 0 atom stereocenters. The highest BCUT2D eigenvalue weighted by Crippen LogP contribution is 2.34. The van der Waals surface area contributed by atoms with Crippen LogP contribution in [0.25, 0.3) is 33.1 Å². The number of fused-ring (bicyclic) bond motifs is 2. The summed E-state index contributed by atoms with van der Waals surface area (Å²) >= 11 is 0. The zero-order valence-corrected chi connectivity index (χ0v) is 12.4. The molecule has 0 aliphatic rings. The molecule has 0 spiro atoms. The number of carbonyl (C=O) groups excluding carboxylic acids is 1. The summed E-state index contributed by atoms with van der Waals surface area (Å²) in [4.78, 5) is 20.4. The zero-order valence-electron chi connectivity index (χ0n) is 12.4. The second-order valence-electron chi connectivity index (χ2n) is 5.36. The summed E-state index contributed by atoms with van der Waals surface area (Å²) in [6.45, 7) is 1.96. The summed E-state index contributed by atoms with van der Waals surface area (Å²) in [5.41, 5.74) is 10.8. The summed E-state index contributed by atoms with van der Waals surface area (Å²) in [5, 5.41) is 8.28. The van der Waals surface area contributed by atoms with Crippen molar-refractivity contribution in [2.75, 3.05) is 0 Å². The number of aromatic nitrogens is 4. The first-order valence-corrected chi connectivity index (χ1v) is 7.14. The van der Waals surface area contributed by atoms with Crippen LogP contribution in [-0.4, -0.2) is 26.1 Å². The van der Waals surface area contributed by atoms with Crippen LogP contribution in [0.5, 0.6) is 0 Å². The van der Waals surface area contributed by atoms with E-state index in [4.69, 9.17) is 5.73 Å². The first kappa shape index (κ1) is 13.4. The highest BCUT2D eigenvalue weighted by molar-refractivity contribution is 6.06. The number of primary amides is 1. The minimum Gasteiger partial charge on any atom is -0.366 e. The molecule has 4 rings (SSSR count). The molecule has 3 N–H and O–H groups in total. The van der Waals surface area contributed by atoms with Crippen LogP contribution in [0.2, 0.25) is 0 Å². The maximum Gasteiger partial charge on any atom is 0.248 e. The van der Waals surface area contributed by atoms with Gasteiger partial charge >= 0.3 is 0 Å². The van der Waals surface area contributed by atoms with Crippen molar-refractivity contribution in [2.24, 2.45) is 5.73 Å². The van der Waals surface area contributed by atoms with Gasteiger partial charge in [0.15, 0.2) is 0 Å². The van der Waals surface area contributed by atoms with E-state index in [0.717, 1.165) is 33.2 Å². The molecular weight excluding hydrogens is 290 g/mol. The van der Waals surface area contributed by atoms with Crippen LogP contribution in [0, 0.1) is 6.92 Å². The zero-order chi connectivity index (χ0) is 16.0. The Morgan fingerprint density at radius 2 is 1.91 bits per heavy atom. The van der Waals surface area contributed by atoms with Gasteiger partial charge in [0.1, 0.15) is 0 Å². The number of nitrogens with one attached hydrogen (secondary N) is 1. The van der Waals surface area contributed by atoms with Crippen LogP contribution in [0.3, 0.4) is 0 Å². The van der Waals surface area contributed by atoms with Crippen molar-refractivity contribution in [2.45, 2.75) is 6.92 Å². The van der Waals surface area contributed by atoms with E-state index in [1.54, 1.807) is 24.5 Å². The van der Waals surface area contributed by atoms with Crippen LogP contribution in [0.4, 0.5) is 0 Å². The Bertz CT molecular complexity index is 1070. The van der Waals surface area contributed by atoms with E-state index >= 15 is 0 Å². The molecule has 6 nitrogen and oxygen atoms in total. The lowest BCUT2D eigenvalue weighted by Gasteiger charge is -2.09. The molecule has 0 radical (unpaired) electrons. The summed E-state index contributed by atoms with van der Waals surface area (Å²) in [6.07, 6.45) is 3.23. The molecule has 0 saturated heterocycles. The fourth-order valence-corrected chi connectivity index (χ4v) is 2.87. The predicted octanol–water partition coefficient (Wildman–Crippen LogP) is 2.58. The van der Waals surface area contributed by atoms with Gasteiger partial charge < -0.3 is 5.73 Å².